The monoisotopic (exact) mass is 378 g/mol. The van der Waals surface area contributed by atoms with Crippen molar-refractivity contribution in [2.24, 2.45) is 0 Å². The van der Waals surface area contributed by atoms with Gasteiger partial charge in [0.05, 0.1) is 11.4 Å². The first-order valence-electron chi connectivity index (χ1n) is 10.5. The third kappa shape index (κ3) is 3.45. The molecule has 0 amide bonds. The Balaban J connectivity index is 1.59. The van der Waals surface area contributed by atoms with E-state index in [1.165, 1.54) is 36.5 Å². The Hall–Kier alpha value is -2.24. The number of benzene rings is 1. The fourth-order valence-corrected chi connectivity index (χ4v) is 4.60. The van der Waals surface area contributed by atoms with Crippen LogP contribution in [0.4, 0.5) is 4.39 Å². The third-order valence-electron chi connectivity index (χ3n) is 6.11. The molecule has 28 heavy (non-hydrogen) atoms. The summed E-state index contributed by atoms with van der Waals surface area (Å²) in [4.78, 5) is 7.37. The molecule has 0 atom stereocenters. The van der Waals surface area contributed by atoms with Crippen LogP contribution in [0.15, 0.2) is 36.5 Å². The summed E-state index contributed by atoms with van der Waals surface area (Å²) in [6.45, 7) is 4.92. The lowest BCUT2D eigenvalue weighted by Crippen LogP contribution is -2.28. The van der Waals surface area contributed by atoms with E-state index in [2.05, 4.69) is 28.4 Å². The molecular formula is C23H27FN4. The first kappa shape index (κ1) is 17.8. The third-order valence-corrected chi connectivity index (χ3v) is 6.11. The quantitative estimate of drug-likeness (QED) is 0.752. The van der Waals surface area contributed by atoms with Gasteiger partial charge in [-0.2, -0.15) is 0 Å². The van der Waals surface area contributed by atoms with Crippen molar-refractivity contribution in [3.05, 3.63) is 59.2 Å². The summed E-state index contributed by atoms with van der Waals surface area (Å²) in [7, 11) is 0. The SMILES string of the molecule is Fc1ccc2nc(-c3ccc4c(c3)CCCC4)c(CN3CCCNCC3)n2c1. The Morgan fingerprint density at radius 1 is 0.964 bits per heavy atom. The molecule has 146 valence electrons. The van der Waals surface area contributed by atoms with Crippen molar-refractivity contribution in [2.75, 3.05) is 26.2 Å². The topological polar surface area (TPSA) is 32.6 Å². The van der Waals surface area contributed by atoms with E-state index in [9.17, 15) is 4.39 Å². The smallest absolute Gasteiger partial charge is 0.139 e. The number of aromatic nitrogens is 2. The number of halogens is 1. The van der Waals surface area contributed by atoms with Gasteiger partial charge in [0.15, 0.2) is 0 Å². The van der Waals surface area contributed by atoms with Crippen molar-refractivity contribution in [3.63, 3.8) is 0 Å². The van der Waals surface area contributed by atoms with Crippen LogP contribution in [0.1, 0.15) is 36.1 Å². The molecule has 1 aliphatic heterocycles. The molecule has 2 aliphatic rings. The Kier molecular flexibility index (Phi) is 4.87. The Bertz CT molecular complexity index is 986. The number of nitrogens with one attached hydrogen (secondary N) is 1. The van der Waals surface area contributed by atoms with Gasteiger partial charge in [0, 0.05) is 31.4 Å². The van der Waals surface area contributed by atoms with Gasteiger partial charge in [-0.05, 0) is 74.5 Å². The summed E-state index contributed by atoms with van der Waals surface area (Å²) in [5, 5.41) is 3.46. The summed E-state index contributed by atoms with van der Waals surface area (Å²) in [6.07, 6.45) is 7.60. The molecule has 2 aromatic heterocycles. The molecule has 0 radical (unpaired) electrons. The van der Waals surface area contributed by atoms with Crippen LogP contribution < -0.4 is 5.32 Å². The maximum absolute atomic E-state index is 14.0. The highest BCUT2D eigenvalue weighted by molar-refractivity contribution is 5.68. The Morgan fingerprint density at radius 3 is 2.79 bits per heavy atom. The van der Waals surface area contributed by atoms with Crippen LogP contribution in [-0.2, 0) is 19.4 Å². The average Bonchev–Trinajstić information content (AvgIpc) is 2.89. The first-order chi connectivity index (χ1) is 13.8. The highest BCUT2D eigenvalue weighted by Gasteiger charge is 2.20. The molecule has 0 bridgehead atoms. The standard InChI is InChI=1S/C23H27FN4/c24-20-8-9-22-26-23(19-7-6-17-4-1-2-5-18(17)14-19)21(28(22)15-20)16-27-12-3-10-25-11-13-27/h6-9,14-15,25H,1-5,10-13,16H2. The number of aryl methyl sites for hydroxylation is 2. The maximum atomic E-state index is 14.0. The minimum atomic E-state index is -0.222. The van der Waals surface area contributed by atoms with Crippen molar-refractivity contribution >= 4 is 5.65 Å². The predicted molar refractivity (Wildman–Crippen MR) is 110 cm³/mol. The normalized spacial score (nSPS) is 18.2. The molecule has 1 N–H and O–H groups in total. The highest BCUT2D eigenvalue weighted by atomic mass is 19.1. The highest BCUT2D eigenvalue weighted by Crippen LogP contribution is 2.30. The summed E-state index contributed by atoms with van der Waals surface area (Å²) in [5.41, 5.74) is 7.00. The van der Waals surface area contributed by atoms with Crippen molar-refractivity contribution < 1.29 is 4.39 Å². The minimum Gasteiger partial charge on any atom is -0.315 e. The lowest BCUT2D eigenvalue weighted by atomic mass is 9.90. The lowest BCUT2D eigenvalue weighted by Gasteiger charge is -2.20. The number of pyridine rings is 1. The van der Waals surface area contributed by atoms with Gasteiger partial charge >= 0.3 is 0 Å². The Labute approximate surface area is 165 Å². The van der Waals surface area contributed by atoms with Gasteiger partial charge < -0.3 is 5.32 Å². The largest absolute Gasteiger partial charge is 0.315 e. The van der Waals surface area contributed by atoms with E-state index in [0.717, 1.165) is 68.2 Å². The van der Waals surface area contributed by atoms with E-state index in [0.29, 0.717) is 0 Å². The minimum absolute atomic E-state index is 0.222. The summed E-state index contributed by atoms with van der Waals surface area (Å²) >= 11 is 0. The second-order valence-corrected chi connectivity index (χ2v) is 8.05. The van der Waals surface area contributed by atoms with E-state index >= 15 is 0 Å². The van der Waals surface area contributed by atoms with Crippen LogP contribution in [0.25, 0.3) is 16.9 Å². The summed E-state index contributed by atoms with van der Waals surface area (Å²) in [5.74, 6) is -0.222. The summed E-state index contributed by atoms with van der Waals surface area (Å²) < 4.78 is 16.0. The summed E-state index contributed by atoms with van der Waals surface area (Å²) in [6, 6.07) is 10.1. The van der Waals surface area contributed by atoms with Gasteiger partial charge in [0.25, 0.3) is 0 Å². The number of hydrogen-bond acceptors (Lipinski definition) is 3. The molecule has 1 fully saturated rings. The molecule has 1 aliphatic carbocycles. The van der Waals surface area contributed by atoms with Gasteiger partial charge in [-0.25, -0.2) is 9.37 Å². The van der Waals surface area contributed by atoms with Crippen LogP contribution in [-0.4, -0.2) is 40.5 Å². The molecule has 4 nitrogen and oxygen atoms in total. The number of fused-ring (bicyclic) bond motifs is 2. The molecule has 1 saturated heterocycles. The van der Waals surface area contributed by atoms with Crippen molar-refractivity contribution in [3.8, 4) is 11.3 Å². The van der Waals surface area contributed by atoms with E-state index in [1.807, 2.05) is 4.40 Å². The molecular weight excluding hydrogens is 351 g/mol. The Morgan fingerprint density at radius 2 is 1.86 bits per heavy atom. The van der Waals surface area contributed by atoms with Crippen LogP contribution in [0.5, 0.6) is 0 Å². The fourth-order valence-electron chi connectivity index (χ4n) is 4.60. The second kappa shape index (κ2) is 7.64. The lowest BCUT2D eigenvalue weighted by molar-refractivity contribution is 0.280. The van der Waals surface area contributed by atoms with E-state index in [4.69, 9.17) is 4.98 Å². The molecule has 5 heteroatoms. The fraction of sp³-hybridized carbons (Fsp3) is 0.435. The number of rotatable bonds is 3. The second-order valence-electron chi connectivity index (χ2n) is 8.05. The molecule has 0 spiro atoms. The maximum Gasteiger partial charge on any atom is 0.139 e. The van der Waals surface area contributed by atoms with Gasteiger partial charge in [0.2, 0.25) is 0 Å². The van der Waals surface area contributed by atoms with Gasteiger partial charge in [0.1, 0.15) is 11.5 Å². The average molecular weight is 378 g/mol. The van der Waals surface area contributed by atoms with E-state index in [-0.39, 0.29) is 5.82 Å². The van der Waals surface area contributed by atoms with E-state index < -0.39 is 0 Å². The van der Waals surface area contributed by atoms with E-state index in [1.54, 1.807) is 12.3 Å². The van der Waals surface area contributed by atoms with Crippen LogP contribution in [0, 0.1) is 5.82 Å². The van der Waals surface area contributed by atoms with Gasteiger partial charge in [-0.3, -0.25) is 9.30 Å². The zero-order chi connectivity index (χ0) is 18.9. The number of nitrogens with zero attached hydrogens (tertiary/aromatic N) is 3. The van der Waals surface area contributed by atoms with Crippen molar-refractivity contribution in [1.82, 2.24) is 19.6 Å². The first-order valence-corrected chi connectivity index (χ1v) is 10.5. The molecule has 5 rings (SSSR count). The van der Waals surface area contributed by atoms with Gasteiger partial charge in [-0.1, -0.05) is 12.1 Å². The van der Waals surface area contributed by atoms with Crippen LogP contribution in [0.3, 0.4) is 0 Å². The van der Waals surface area contributed by atoms with Crippen LogP contribution in [0.2, 0.25) is 0 Å². The molecule has 0 unspecified atom stereocenters. The van der Waals surface area contributed by atoms with Crippen molar-refractivity contribution in [2.45, 2.75) is 38.6 Å². The number of imidazole rings is 1. The van der Waals surface area contributed by atoms with Crippen LogP contribution >= 0.6 is 0 Å². The molecule has 3 heterocycles. The molecule has 3 aromatic rings. The predicted octanol–water partition coefficient (Wildman–Crippen LogP) is 3.81. The van der Waals surface area contributed by atoms with Gasteiger partial charge in [-0.15, -0.1) is 0 Å². The number of hydrogen-bond donors (Lipinski definition) is 1. The van der Waals surface area contributed by atoms with Crippen molar-refractivity contribution in [1.29, 1.82) is 0 Å². The zero-order valence-electron chi connectivity index (χ0n) is 16.3. The zero-order valence-corrected chi connectivity index (χ0v) is 16.3. The molecule has 0 saturated carbocycles. The molecule has 1 aromatic carbocycles.